The number of phenolic OH excluding ortho intramolecular Hbond substituents is 1. The highest BCUT2D eigenvalue weighted by Gasteiger charge is 2.15. The Hall–Kier alpha value is -1.49. The van der Waals surface area contributed by atoms with Crippen LogP contribution in [0.15, 0.2) is 27.2 Å². The molecule has 0 fully saturated rings. The van der Waals surface area contributed by atoms with E-state index in [1.54, 1.807) is 6.07 Å². The lowest BCUT2D eigenvalue weighted by Crippen LogP contribution is -1.89. The quantitative estimate of drug-likeness (QED) is 0.889. The van der Waals surface area contributed by atoms with E-state index in [-0.39, 0.29) is 5.75 Å². The molecule has 1 aromatic carbocycles. The van der Waals surface area contributed by atoms with Gasteiger partial charge in [-0.2, -0.15) is 0 Å². The van der Waals surface area contributed by atoms with E-state index in [0.29, 0.717) is 27.5 Å². The van der Waals surface area contributed by atoms with Gasteiger partial charge in [0.1, 0.15) is 5.75 Å². The lowest BCUT2D eigenvalue weighted by Gasteiger charge is -2.10. The molecule has 1 heterocycles. The SMILES string of the molecule is CC(C)c1cc(Br)c(O)c(-c2cc(N)no2)c1. The monoisotopic (exact) mass is 296 g/mol. The van der Waals surface area contributed by atoms with Crippen LogP contribution in [0.3, 0.4) is 0 Å². The molecule has 0 spiro atoms. The van der Waals surface area contributed by atoms with Crippen LogP contribution in [0.1, 0.15) is 25.3 Å². The molecule has 0 amide bonds. The molecule has 17 heavy (non-hydrogen) atoms. The number of rotatable bonds is 2. The van der Waals surface area contributed by atoms with E-state index in [0.717, 1.165) is 5.56 Å². The number of benzene rings is 1. The Kier molecular flexibility index (Phi) is 3.11. The molecule has 3 N–H and O–H groups in total. The van der Waals surface area contributed by atoms with Gasteiger partial charge in [0, 0.05) is 6.07 Å². The third-order valence-electron chi connectivity index (χ3n) is 2.55. The maximum atomic E-state index is 9.99. The highest BCUT2D eigenvalue weighted by atomic mass is 79.9. The average Bonchev–Trinajstić information content (AvgIpc) is 2.68. The molecule has 0 radical (unpaired) electrons. The van der Waals surface area contributed by atoms with Gasteiger partial charge in [-0.1, -0.05) is 19.0 Å². The average molecular weight is 297 g/mol. The highest BCUT2D eigenvalue weighted by Crippen LogP contribution is 2.38. The number of halogens is 1. The summed E-state index contributed by atoms with van der Waals surface area (Å²) in [4.78, 5) is 0. The fourth-order valence-electron chi connectivity index (χ4n) is 1.56. The molecule has 2 aromatic rings. The van der Waals surface area contributed by atoms with Crippen molar-refractivity contribution in [3.8, 4) is 17.1 Å². The van der Waals surface area contributed by atoms with Crippen LogP contribution in [0.4, 0.5) is 5.82 Å². The minimum Gasteiger partial charge on any atom is -0.506 e. The van der Waals surface area contributed by atoms with E-state index < -0.39 is 0 Å². The molecule has 0 aliphatic carbocycles. The third-order valence-corrected chi connectivity index (χ3v) is 3.15. The van der Waals surface area contributed by atoms with Crippen molar-refractivity contribution >= 4 is 21.7 Å². The second-order valence-electron chi connectivity index (χ2n) is 4.17. The van der Waals surface area contributed by atoms with Crippen molar-refractivity contribution in [2.75, 3.05) is 5.73 Å². The van der Waals surface area contributed by atoms with Gasteiger partial charge >= 0.3 is 0 Å². The third kappa shape index (κ3) is 2.29. The fourth-order valence-corrected chi connectivity index (χ4v) is 2.03. The Morgan fingerprint density at radius 2 is 2.06 bits per heavy atom. The molecule has 0 aliphatic heterocycles. The Balaban J connectivity index is 2.60. The van der Waals surface area contributed by atoms with Crippen molar-refractivity contribution < 1.29 is 9.63 Å². The molecule has 0 bridgehead atoms. The Bertz CT molecular complexity index is 549. The van der Waals surface area contributed by atoms with E-state index in [2.05, 4.69) is 34.9 Å². The molecule has 4 nitrogen and oxygen atoms in total. The van der Waals surface area contributed by atoms with Gasteiger partial charge in [-0.3, -0.25) is 0 Å². The summed E-state index contributed by atoms with van der Waals surface area (Å²) in [6.45, 7) is 4.16. The minimum absolute atomic E-state index is 0.130. The van der Waals surface area contributed by atoms with Crippen molar-refractivity contribution in [2.24, 2.45) is 0 Å². The zero-order valence-corrected chi connectivity index (χ0v) is 11.2. The van der Waals surface area contributed by atoms with E-state index >= 15 is 0 Å². The van der Waals surface area contributed by atoms with Crippen LogP contribution in [0, 0.1) is 0 Å². The van der Waals surface area contributed by atoms with Crippen LogP contribution in [0.5, 0.6) is 5.75 Å². The van der Waals surface area contributed by atoms with Gasteiger partial charge in [0.05, 0.1) is 10.0 Å². The minimum atomic E-state index is 0.130. The number of nitrogen functional groups attached to an aromatic ring is 1. The lowest BCUT2D eigenvalue weighted by molar-refractivity contribution is 0.428. The van der Waals surface area contributed by atoms with Crippen LogP contribution in [-0.4, -0.2) is 10.3 Å². The summed E-state index contributed by atoms with van der Waals surface area (Å²) in [6.07, 6.45) is 0. The zero-order valence-electron chi connectivity index (χ0n) is 9.57. The summed E-state index contributed by atoms with van der Waals surface area (Å²) < 4.78 is 5.70. The number of aromatic nitrogens is 1. The summed E-state index contributed by atoms with van der Waals surface area (Å²) >= 11 is 3.33. The maximum Gasteiger partial charge on any atom is 0.172 e. The molecule has 0 unspecified atom stereocenters. The number of hydrogen-bond acceptors (Lipinski definition) is 4. The first-order valence-electron chi connectivity index (χ1n) is 5.24. The molecule has 1 aromatic heterocycles. The van der Waals surface area contributed by atoms with Crippen LogP contribution >= 0.6 is 15.9 Å². The van der Waals surface area contributed by atoms with E-state index in [9.17, 15) is 5.11 Å². The second-order valence-corrected chi connectivity index (χ2v) is 5.02. The molecular weight excluding hydrogens is 284 g/mol. The predicted molar refractivity (Wildman–Crippen MR) is 69.8 cm³/mol. The number of anilines is 1. The van der Waals surface area contributed by atoms with Crippen LogP contribution < -0.4 is 5.73 Å². The topological polar surface area (TPSA) is 72.3 Å². The molecule has 0 atom stereocenters. The van der Waals surface area contributed by atoms with Crippen molar-refractivity contribution in [3.63, 3.8) is 0 Å². The van der Waals surface area contributed by atoms with Crippen molar-refractivity contribution in [2.45, 2.75) is 19.8 Å². The van der Waals surface area contributed by atoms with Crippen molar-refractivity contribution in [1.29, 1.82) is 0 Å². The van der Waals surface area contributed by atoms with Gasteiger partial charge in [0.15, 0.2) is 11.6 Å². The van der Waals surface area contributed by atoms with Crippen LogP contribution in [-0.2, 0) is 0 Å². The number of phenols is 1. The smallest absolute Gasteiger partial charge is 0.172 e. The van der Waals surface area contributed by atoms with Crippen molar-refractivity contribution in [3.05, 3.63) is 28.2 Å². The predicted octanol–water partition coefficient (Wildman–Crippen LogP) is 3.52. The first-order chi connectivity index (χ1) is 7.99. The molecule has 90 valence electrons. The molecule has 5 heteroatoms. The summed E-state index contributed by atoms with van der Waals surface area (Å²) in [5.41, 5.74) is 7.19. The Morgan fingerprint density at radius 1 is 1.35 bits per heavy atom. The van der Waals surface area contributed by atoms with Crippen LogP contribution in [0.2, 0.25) is 0 Å². The molecular formula is C12H13BrN2O2. The van der Waals surface area contributed by atoms with Crippen LogP contribution in [0.25, 0.3) is 11.3 Å². The van der Waals surface area contributed by atoms with E-state index in [1.165, 1.54) is 0 Å². The summed E-state index contributed by atoms with van der Waals surface area (Å²) in [6, 6.07) is 5.36. The molecule has 0 aliphatic rings. The zero-order chi connectivity index (χ0) is 12.6. The lowest BCUT2D eigenvalue weighted by atomic mass is 9.99. The maximum absolute atomic E-state index is 9.99. The first-order valence-corrected chi connectivity index (χ1v) is 6.03. The van der Waals surface area contributed by atoms with Gasteiger partial charge in [-0.05, 0) is 39.5 Å². The summed E-state index contributed by atoms with van der Waals surface area (Å²) in [7, 11) is 0. The van der Waals surface area contributed by atoms with E-state index in [4.69, 9.17) is 10.3 Å². The molecule has 0 saturated heterocycles. The summed E-state index contributed by atoms with van der Waals surface area (Å²) in [5.74, 6) is 1.24. The van der Waals surface area contributed by atoms with Gasteiger partial charge in [0.2, 0.25) is 0 Å². The van der Waals surface area contributed by atoms with Gasteiger partial charge in [-0.15, -0.1) is 0 Å². The normalized spacial score (nSPS) is 11.1. The second kappa shape index (κ2) is 4.41. The number of hydrogen-bond donors (Lipinski definition) is 2. The fraction of sp³-hybridized carbons (Fsp3) is 0.250. The van der Waals surface area contributed by atoms with E-state index in [1.807, 2.05) is 12.1 Å². The molecule has 2 rings (SSSR count). The Morgan fingerprint density at radius 3 is 2.59 bits per heavy atom. The summed E-state index contributed by atoms with van der Waals surface area (Å²) in [5, 5.41) is 13.6. The standard InChI is InChI=1S/C12H13BrN2O2/c1-6(2)7-3-8(12(16)9(13)4-7)10-5-11(14)15-17-10/h3-6,16H,1-2H3,(H2,14,15). The number of aromatic hydroxyl groups is 1. The Labute approximate surface area is 108 Å². The first kappa shape index (κ1) is 12.0. The van der Waals surface area contributed by atoms with Gasteiger partial charge in [0.25, 0.3) is 0 Å². The number of nitrogens with zero attached hydrogens (tertiary/aromatic N) is 1. The van der Waals surface area contributed by atoms with Crippen molar-refractivity contribution in [1.82, 2.24) is 5.16 Å². The van der Waals surface area contributed by atoms with Gasteiger partial charge in [-0.25, -0.2) is 0 Å². The van der Waals surface area contributed by atoms with Gasteiger partial charge < -0.3 is 15.4 Å². The largest absolute Gasteiger partial charge is 0.506 e. The highest BCUT2D eigenvalue weighted by molar-refractivity contribution is 9.10. The number of nitrogens with two attached hydrogens (primary N) is 1. The molecule has 0 saturated carbocycles.